The molecule has 0 atom stereocenters. The lowest BCUT2D eigenvalue weighted by atomic mass is 9.73. The first-order valence-electron chi connectivity index (χ1n) is 9.55. The Labute approximate surface area is 149 Å². The topological polar surface area (TPSA) is 41.6 Å². The fourth-order valence-corrected chi connectivity index (χ4v) is 3.99. The minimum Gasteiger partial charge on any atom is -0.381 e. The molecular weight excluding hydrogens is 319 g/mol. The van der Waals surface area contributed by atoms with E-state index in [0.29, 0.717) is 32.6 Å². The van der Waals surface area contributed by atoms with E-state index < -0.39 is 5.41 Å². The quantitative estimate of drug-likeness (QED) is 0.890. The van der Waals surface area contributed by atoms with Crippen molar-refractivity contribution in [3.63, 3.8) is 0 Å². The van der Waals surface area contributed by atoms with Crippen molar-refractivity contribution in [2.45, 2.75) is 43.9 Å². The zero-order valence-electron chi connectivity index (χ0n) is 14.9. The van der Waals surface area contributed by atoms with E-state index >= 15 is 0 Å². The van der Waals surface area contributed by atoms with Gasteiger partial charge in [0.05, 0.1) is 5.41 Å². The molecule has 0 bridgehead atoms. The second-order valence-corrected chi connectivity index (χ2v) is 7.21. The molecule has 25 heavy (non-hydrogen) atoms. The molecule has 0 spiro atoms. The highest BCUT2D eigenvalue weighted by atomic mass is 19.1. The summed E-state index contributed by atoms with van der Waals surface area (Å²) in [5.41, 5.74) is 0.301. The van der Waals surface area contributed by atoms with Crippen LogP contribution in [-0.4, -0.2) is 50.2 Å². The van der Waals surface area contributed by atoms with Crippen LogP contribution in [0.25, 0.3) is 0 Å². The molecule has 1 aromatic rings. The Balaban J connectivity index is 1.62. The van der Waals surface area contributed by atoms with Gasteiger partial charge in [-0.15, -0.1) is 0 Å². The molecule has 2 aliphatic heterocycles. The van der Waals surface area contributed by atoms with Crippen LogP contribution in [-0.2, 0) is 14.9 Å². The van der Waals surface area contributed by atoms with Gasteiger partial charge in [-0.2, -0.15) is 0 Å². The first-order chi connectivity index (χ1) is 12.2. The highest BCUT2D eigenvalue weighted by Gasteiger charge is 2.41. The minimum atomic E-state index is -0.593. The predicted molar refractivity (Wildman–Crippen MR) is 96.0 cm³/mol. The summed E-state index contributed by atoms with van der Waals surface area (Å²) in [6.07, 6.45) is 6.44. The number of rotatable bonds is 5. The zero-order chi connectivity index (χ0) is 17.5. The number of ether oxygens (including phenoxy) is 1. The maximum Gasteiger partial charge on any atom is 0.230 e. The van der Waals surface area contributed by atoms with E-state index in [-0.39, 0.29) is 11.7 Å². The molecule has 0 aromatic heterocycles. The Hall–Kier alpha value is -1.46. The molecule has 2 aliphatic rings. The molecule has 4 nitrogen and oxygen atoms in total. The van der Waals surface area contributed by atoms with Crippen molar-refractivity contribution < 1.29 is 13.9 Å². The van der Waals surface area contributed by atoms with E-state index in [9.17, 15) is 9.18 Å². The van der Waals surface area contributed by atoms with Crippen LogP contribution in [0.2, 0.25) is 0 Å². The third kappa shape index (κ3) is 4.59. The maximum atomic E-state index is 13.3. The van der Waals surface area contributed by atoms with Crippen LogP contribution in [0.1, 0.15) is 44.1 Å². The lowest BCUT2D eigenvalue weighted by Crippen LogP contribution is -2.49. The largest absolute Gasteiger partial charge is 0.381 e. The van der Waals surface area contributed by atoms with Crippen LogP contribution in [0.4, 0.5) is 4.39 Å². The monoisotopic (exact) mass is 348 g/mol. The number of hydrogen-bond donors (Lipinski definition) is 1. The molecule has 2 saturated heterocycles. The van der Waals surface area contributed by atoms with Crippen LogP contribution < -0.4 is 5.32 Å². The fraction of sp³-hybridized carbons (Fsp3) is 0.650. The van der Waals surface area contributed by atoms with Crippen LogP contribution in [0, 0.1) is 5.82 Å². The average Bonchev–Trinajstić information content (AvgIpc) is 2.91. The molecule has 0 radical (unpaired) electrons. The number of halogens is 1. The SMILES string of the molecule is O=C(NCCN1CCCCCC1)C1(c2ccc(F)cc2)CCOCC1. The van der Waals surface area contributed by atoms with Gasteiger partial charge in [-0.25, -0.2) is 4.39 Å². The molecule has 1 N–H and O–H groups in total. The highest BCUT2D eigenvalue weighted by Crippen LogP contribution is 2.35. The van der Waals surface area contributed by atoms with E-state index in [1.807, 2.05) is 0 Å². The Kier molecular flexibility index (Phi) is 6.43. The van der Waals surface area contributed by atoms with E-state index in [4.69, 9.17) is 4.74 Å². The van der Waals surface area contributed by atoms with E-state index in [1.54, 1.807) is 12.1 Å². The molecular formula is C20H29FN2O2. The Morgan fingerprint density at radius 2 is 1.72 bits per heavy atom. The Morgan fingerprint density at radius 3 is 2.36 bits per heavy atom. The number of benzene rings is 1. The lowest BCUT2D eigenvalue weighted by molar-refractivity contribution is -0.130. The van der Waals surface area contributed by atoms with Gasteiger partial charge in [0.15, 0.2) is 0 Å². The number of carbonyl (C=O) groups is 1. The number of amides is 1. The third-order valence-electron chi connectivity index (χ3n) is 5.59. The second kappa shape index (κ2) is 8.77. The van der Waals surface area contributed by atoms with Crippen molar-refractivity contribution in [1.29, 1.82) is 0 Å². The number of nitrogens with one attached hydrogen (secondary N) is 1. The smallest absolute Gasteiger partial charge is 0.230 e. The summed E-state index contributed by atoms with van der Waals surface area (Å²) in [4.78, 5) is 15.5. The van der Waals surface area contributed by atoms with Crippen LogP contribution >= 0.6 is 0 Å². The van der Waals surface area contributed by atoms with Crippen molar-refractivity contribution in [1.82, 2.24) is 10.2 Å². The number of nitrogens with zero attached hydrogens (tertiary/aromatic N) is 1. The van der Waals surface area contributed by atoms with Gasteiger partial charge in [0.25, 0.3) is 0 Å². The van der Waals surface area contributed by atoms with Gasteiger partial charge in [0.2, 0.25) is 5.91 Å². The second-order valence-electron chi connectivity index (χ2n) is 7.21. The molecule has 138 valence electrons. The van der Waals surface area contributed by atoms with Crippen molar-refractivity contribution in [2.24, 2.45) is 0 Å². The lowest BCUT2D eigenvalue weighted by Gasteiger charge is -2.36. The first kappa shape index (κ1) is 18.3. The molecule has 1 amide bonds. The molecule has 3 rings (SSSR count). The number of likely N-dealkylation sites (tertiary alicyclic amines) is 1. The molecule has 5 heteroatoms. The van der Waals surface area contributed by atoms with Gasteiger partial charge < -0.3 is 15.0 Å². The minimum absolute atomic E-state index is 0.0530. The van der Waals surface area contributed by atoms with Crippen molar-refractivity contribution in [2.75, 3.05) is 39.4 Å². The summed E-state index contributed by atoms with van der Waals surface area (Å²) in [5.74, 6) is -0.218. The van der Waals surface area contributed by atoms with Crippen molar-refractivity contribution in [3.05, 3.63) is 35.6 Å². The van der Waals surface area contributed by atoms with E-state index in [0.717, 1.165) is 25.2 Å². The normalized spacial score (nSPS) is 21.5. The zero-order valence-corrected chi connectivity index (χ0v) is 14.9. The summed E-state index contributed by atoms with van der Waals surface area (Å²) in [6.45, 7) is 4.97. The van der Waals surface area contributed by atoms with Gasteiger partial charge in [-0.1, -0.05) is 25.0 Å². The molecule has 0 aliphatic carbocycles. The van der Waals surface area contributed by atoms with Gasteiger partial charge in [-0.05, 0) is 56.5 Å². The van der Waals surface area contributed by atoms with Crippen LogP contribution in [0.15, 0.2) is 24.3 Å². The standard InChI is InChI=1S/C20H29FN2O2/c21-18-7-5-17(6-8-18)20(9-15-25-16-10-20)19(24)22-11-14-23-12-3-1-2-4-13-23/h5-8H,1-4,9-16H2,(H,22,24). The molecule has 2 heterocycles. The summed E-state index contributed by atoms with van der Waals surface area (Å²) < 4.78 is 18.8. The summed E-state index contributed by atoms with van der Waals surface area (Å²) in [7, 11) is 0. The van der Waals surface area contributed by atoms with Crippen molar-refractivity contribution >= 4 is 5.91 Å². The van der Waals surface area contributed by atoms with Crippen LogP contribution in [0.3, 0.4) is 0 Å². The molecule has 0 saturated carbocycles. The highest BCUT2D eigenvalue weighted by molar-refractivity contribution is 5.88. The number of hydrogen-bond acceptors (Lipinski definition) is 3. The Bertz CT molecular complexity index is 547. The Morgan fingerprint density at radius 1 is 1.08 bits per heavy atom. The summed E-state index contributed by atoms with van der Waals surface area (Å²) >= 11 is 0. The van der Waals surface area contributed by atoms with Crippen LogP contribution in [0.5, 0.6) is 0 Å². The maximum absolute atomic E-state index is 13.3. The van der Waals surface area contributed by atoms with Gasteiger partial charge in [-0.3, -0.25) is 4.79 Å². The fourth-order valence-electron chi connectivity index (χ4n) is 3.99. The van der Waals surface area contributed by atoms with Crippen molar-refractivity contribution in [3.8, 4) is 0 Å². The van der Waals surface area contributed by atoms with E-state index in [2.05, 4.69) is 10.2 Å². The average molecular weight is 348 g/mol. The first-order valence-corrected chi connectivity index (χ1v) is 9.55. The van der Waals surface area contributed by atoms with Gasteiger partial charge in [0.1, 0.15) is 5.82 Å². The van der Waals surface area contributed by atoms with Gasteiger partial charge in [0, 0.05) is 26.3 Å². The predicted octanol–water partition coefficient (Wildman–Crippen LogP) is 2.87. The summed E-state index contributed by atoms with van der Waals surface area (Å²) in [6, 6.07) is 6.37. The summed E-state index contributed by atoms with van der Waals surface area (Å²) in [5, 5.41) is 3.14. The molecule has 1 aromatic carbocycles. The third-order valence-corrected chi connectivity index (χ3v) is 5.59. The van der Waals surface area contributed by atoms with Gasteiger partial charge >= 0.3 is 0 Å². The number of carbonyl (C=O) groups excluding carboxylic acids is 1. The van der Waals surface area contributed by atoms with E-state index in [1.165, 1.54) is 37.8 Å². The molecule has 2 fully saturated rings. The molecule has 0 unspecified atom stereocenters.